The van der Waals surface area contributed by atoms with Gasteiger partial charge in [-0.15, -0.1) is 0 Å². The maximum atomic E-state index is 9.72. The van der Waals surface area contributed by atoms with Crippen molar-refractivity contribution in [3.8, 4) is 0 Å². The molecule has 1 fully saturated rings. The van der Waals surface area contributed by atoms with Crippen molar-refractivity contribution >= 4 is 5.97 Å². The van der Waals surface area contributed by atoms with Crippen molar-refractivity contribution in [3.63, 3.8) is 0 Å². The Balaban J connectivity index is 2.31. The lowest BCUT2D eigenvalue weighted by Crippen LogP contribution is -1.92. The number of hydrogen-bond donors (Lipinski definition) is 1. The molecule has 2 heteroatoms. The molecule has 0 aliphatic heterocycles. The van der Waals surface area contributed by atoms with E-state index in [1.54, 1.807) is 0 Å². The third-order valence-corrected chi connectivity index (χ3v) is 0.802. The van der Waals surface area contributed by atoms with Gasteiger partial charge in [-0.05, 0) is 12.8 Å². The van der Waals surface area contributed by atoms with Crippen LogP contribution in [0.25, 0.3) is 0 Å². The van der Waals surface area contributed by atoms with Gasteiger partial charge < -0.3 is 5.11 Å². The molecule has 0 spiro atoms. The molecule has 0 bridgehead atoms. The molecule has 0 atom stereocenters. The molecule has 1 rings (SSSR count). The van der Waals surface area contributed by atoms with Crippen LogP contribution in [0.3, 0.4) is 0 Å². The molecule has 0 aromatic rings. The third-order valence-electron chi connectivity index (χ3n) is 0.802. The lowest BCUT2D eigenvalue weighted by molar-refractivity contribution is -0.133. The Hall–Kier alpha value is -0.530. The fraction of sp³-hybridized carbons (Fsp3) is 0.500. The Morgan fingerprint density at radius 2 is 2.17 bits per heavy atom. The number of carboxylic acid groups (broad SMARTS) is 1. The summed E-state index contributed by atoms with van der Waals surface area (Å²) in [5, 5.41) is 8.02. The summed E-state index contributed by atoms with van der Waals surface area (Å²) in [6.45, 7) is 0. The third kappa shape index (κ3) is 0.506. The van der Waals surface area contributed by atoms with Gasteiger partial charge in [0.2, 0.25) is 0 Å². The van der Waals surface area contributed by atoms with E-state index in [1.807, 2.05) is 0 Å². The van der Waals surface area contributed by atoms with Crippen LogP contribution >= 0.6 is 0 Å². The lowest BCUT2D eigenvalue weighted by Gasteiger charge is -1.74. The monoisotopic (exact) mass is 85.0 g/mol. The van der Waals surface area contributed by atoms with E-state index in [-0.39, 0.29) is 0 Å². The van der Waals surface area contributed by atoms with Crippen LogP contribution in [0.15, 0.2) is 0 Å². The normalized spacial score (nSPS) is 20.7. The fourth-order valence-electron chi connectivity index (χ4n) is 0.276. The minimum atomic E-state index is -0.713. The molecule has 0 unspecified atom stereocenters. The van der Waals surface area contributed by atoms with E-state index in [0.717, 1.165) is 12.8 Å². The zero-order valence-electron chi connectivity index (χ0n) is 3.27. The molecule has 6 heavy (non-hydrogen) atoms. The predicted octanol–water partition coefficient (Wildman–Crippen LogP) is 0.439. The molecule has 1 radical (unpaired) electrons. The SMILES string of the molecule is O=C(O)[C]1CC1. The standard InChI is InChI=1S/C4H5O2/c5-4(6)3-1-2-3/h1-2H2,(H,5,6). The summed E-state index contributed by atoms with van der Waals surface area (Å²) in [6.07, 6.45) is 1.63. The molecule has 1 N–H and O–H groups in total. The van der Waals surface area contributed by atoms with E-state index >= 15 is 0 Å². The summed E-state index contributed by atoms with van der Waals surface area (Å²) in [5.74, 6) is -0.0370. The van der Waals surface area contributed by atoms with Crippen molar-refractivity contribution in [2.75, 3.05) is 0 Å². The molecule has 1 saturated carbocycles. The van der Waals surface area contributed by atoms with E-state index < -0.39 is 5.97 Å². The van der Waals surface area contributed by atoms with Crippen molar-refractivity contribution in [1.82, 2.24) is 0 Å². The first-order chi connectivity index (χ1) is 2.80. The number of aliphatic carboxylic acids is 1. The van der Waals surface area contributed by atoms with Crippen molar-refractivity contribution in [2.24, 2.45) is 0 Å². The first-order valence-electron chi connectivity index (χ1n) is 1.88. The van der Waals surface area contributed by atoms with E-state index in [4.69, 9.17) is 5.11 Å². The summed E-state index contributed by atoms with van der Waals surface area (Å²) in [5.41, 5.74) is 0. The topological polar surface area (TPSA) is 37.3 Å². The quantitative estimate of drug-likeness (QED) is 0.501. The van der Waals surface area contributed by atoms with Crippen LogP contribution in [0.4, 0.5) is 0 Å². The number of carboxylic acids is 1. The molecular weight excluding hydrogens is 80.0 g/mol. The number of carbonyl (C=O) groups is 1. The highest BCUT2D eigenvalue weighted by Gasteiger charge is 2.29. The van der Waals surface area contributed by atoms with Crippen LogP contribution in [0.2, 0.25) is 0 Å². The van der Waals surface area contributed by atoms with E-state index in [0.29, 0.717) is 5.92 Å². The van der Waals surface area contributed by atoms with Crippen molar-refractivity contribution in [3.05, 3.63) is 5.92 Å². The van der Waals surface area contributed by atoms with Crippen LogP contribution in [0, 0.1) is 5.92 Å². The van der Waals surface area contributed by atoms with Crippen LogP contribution in [0.1, 0.15) is 12.8 Å². The molecule has 0 saturated heterocycles. The van der Waals surface area contributed by atoms with Crippen LogP contribution in [0.5, 0.6) is 0 Å². The second kappa shape index (κ2) is 0.965. The molecule has 0 aromatic carbocycles. The molecule has 1 aliphatic carbocycles. The fourth-order valence-corrected chi connectivity index (χ4v) is 0.276. The summed E-state index contributed by atoms with van der Waals surface area (Å²) in [4.78, 5) is 9.72. The van der Waals surface area contributed by atoms with Gasteiger partial charge in [0.1, 0.15) is 0 Å². The van der Waals surface area contributed by atoms with Crippen molar-refractivity contribution in [2.45, 2.75) is 12.8 Å². The predicted molar refractivity (Wildman–Crippen MR) is 20.1 cm³/mol. The van der Waals surface area contributed by atoms with E-state index in [1.165, 1.54) is 0 Å². The van der Waals surface area contributed by atoms with Crippen molar-refractivity contribution < 1.29 is 9.90 Å². The smallest absolute Gasteiger partial charge is 0.310 e. The molecule has 2 nitrogen and oxygen atoms in total. The Morgan fingerprint density at radius 3 is 2.17 bits per heavy atom. The van der Waals surface area contributed by atoms with Gasteiger partial charge in [0.15, 0.2) is 0 Å². The number of rotatable bonds is 1. The first kappa shape index (κ1) is 3.65. The maximum absolute atomic E-state index is 9.72. The number of hydrogen-bond acceptors (Lipinski definition) is 1. The molecule has 0 aromatic heterocycles. The van der Waals surface area contributed by atoms with Crippen molar-refractivity contribution in [1.29, 1.82) is 0 Å². The highest BCUT2D eigenvalue weighted by Crippen LogP contribution is 2.31. The summed E-state index contributed by atoms with van der Waals surface area (Å²) in [6, 6.07) is 0. The summed E-state index contributed by atoms with van der Waals surface area (Å²) < 4.78 is 0. The lowest BCUT2D eigenvalue weighted by atomic mass is 10.5. The maximum Gasteiger partial charge on any atom is 0.310 e. The van der Waals surface area contributed by atoms with Gasteiger partial charge in [0.05, 0.1) is 5.92 Å². The summed E-state index contributed by atoms with van der Waals surface area (Å²) in [7, 11) is 0. The minimum absolute atomic E-state index is 0.676. The van der Waals surface area contributed by atoms with Crippen LogP contribution in [-0.4, -0.2) is 11.1 Å². The highest BCUT2D eigenvalue weighted by molar-refractivity contribution is 5.86. The first-order valence-corrected chi connectivity index (χ1v) is 1.88. The molecule has 0 amide bonds. The van der Waals surface area contributed by atoms with E-state index in [2.05, 4.69) is 0 Å². The summed E-state index contributed by atoms with van der Waals surface area (Å²) >= 11 is 0. The van der Waals surface area contributed by atoms with Gasteiger partial charge in [-0.2, -0.15) is 0 Å². The second-order valence-electron chi connectivity index (χ2n) is 1.41. The Kier molecular flexibility index (Phi) is 0.587. The Labute approximate surface area is 35.8 Å². The van der Waals surface area contributed by atoms with Gasteiger partial charge >= 0.3 is 5.97 Å². The van der Waals surface area contributed by atoms with Gasteiger partial charge in [-0.1, -0.05) is 0 Å². The van der Waals surface area contributed by atoms with Crippen LogP contribution < -0.4 is 0 Å². The zero-order chi connectivity index (χ0) is 4.57. The molecule has 0 heterocycles. The zero-order valence-corrected chi connectivity index (χ0v) is 3.27. The van der Waals surface area contributed by atoms with E-state index in [9.17, 15) is 4.79 Å². The van der Waals surface area contributed by atoms with Gasteiger partial charge in [-0.3, -0.25) is 4.79 Å². The van der Waals surface area contributed by atoms with Gasteiger partial charge in [-0.25, -0.2) is 0 Å². The Morgan fingerprint density at radius 1 is 1.67 bits per heavy atom. The average Bonchev–Trinajstić information content (AvgIpc) is 2.06. The molecular formula is C4H5O2. The van der Waals surface area contributed by atoms with Crippen LogP contribution in [-0.2, 0) is 4.79 Å². The highest BCUT2D eigenvalue weighted by atomic mass is 16.4. The molecule has 1 aliphatic rings. The second-order valence-corrected chi connectivity index (χ2v) is 1.41. The average molecular weight is 85.1 g/mol. The van der Waals surface area contributed by atoms with Gasteiger partial charge in [0, 0.05) is 0 Å². The minimum Gasteiger partial charge on any atom is -0.481 e. The largest absolute Gasteiger partial charge is 0.481 e. The molecule has 33 valence electrons. The Bertz CT molecular complexity index is 73.6. The van der Waals surface area contributed by atoms with Gasteiger partial charge in [0.25, 0.3) is 0 Å².